The monoisotopic (exact) mass is 368 g/mol. The number of anilines is 3. The van der Waals surface area contributed by atoms with Gasteiger partial charge >= 0.3 is 6.18 Å². The first-order valence-corrected chi connectivity index (χ1v) is 7.95. The second-order valence-electron chi connectivity index (χ2n) is 5.83. The largest absolute Gasteiger partial charge is 0.496 e. The van der Waals surface area contributed by atoms with Gasteiger partial charge in [0.25, 0.3) is 0 Å². The highest BCUT2D eigenvalue weighted by Crippen LogP contribution is 2.44. The van der Waals surface area contributed by atoms with E-state index in [1.807, 2.05) is 0 Å². The summed E-state index contributed by atoms with van der Waals surface area (Å²) in [5.41, 5.74) is 11.4. The van der Waals surface area contributed by atoms with Crippen LogP contribution in [0.4, 0.5) is 30.4 Å². The molecule has 1 aromatic heterocycles. The van der Waals surface area contributed by atoms with Crippen molar-refractivity contribution in [1.82, 2.24) is 4.98 Å². The number of nitrogens with zero attached hydrogens (tertiary/aromatic N) is 2. The molecular weight excluding hydrogens is 349 g/mol. The first-order chi connectivity index (χ1) is 12.3. The fraction of sp³-hybridized carbons (Fsp3) is 0.353. The van der Waals surface area contributed by atoms with Crippen molar-refractivity contribution in [2.45, 2.75) is 6.18 Å². The fourth-order valence-electron chi connectivity index (χ4n) is 2.95. The van der Waals surface area contributed by atoms with E-state index < -0.39 is 17.4 Å². The number of benzene rings is 1. The van der Waals surface area contributed by atoms with Crippen molar-refractivity contribution in [3.8, 4) is 16.9 Å². The molecule has 1 aliphatic rings. The molecule has 3 rings (SSSR count). The van der Waals surface area contributed by atoms with Gasteiger partial charge in [0.1, 0.15) is 11.6 Å². The fourth-order valence-corrected chi connectivity index (χ4v) is 2.95. The first kappa shape index (κ1) is 18.1. The number of aromatic nitrogens is 1. The minimum atomic E-state index is -4.62. The third-order valence-corrected chi connectivity index (χ3v) is 4.28. The second-order valence-corrected chi connectivity index (χ2v) is 5.83. The molecule has 9 heteroatoms. The van der Waals surface area contributed by atoms with Gasteiger partial charge in [-0.1, -0.05) is 0 Å². The van der Waals surface area contributed by atoms with E-state index in [9.17, 15) is 13.2 Å². The first-order valence-electron chi connectivity index (χ1n) is 7.95. The molecule has 0 radical (unpaired) electrons. The van der Waals surface area contributed by atoms with Gasteiger partial charge in [0.2, 0.25) is 0 Å². The summed E-state index contributed by atoms with van der Waals surface area (Å²) in [4.78, 5) is 5.77. The van der Waals surface area contributed by atoms with Crippen molar-refractivity contribution in [3.05, 3.63) is 30.0 Å². The van der Waals surface area contributed by atoms with Gasteiger partial charge in [-0.3, -0.25) is 0 Å². The minimum absolute atomic E-state index is 0.0187. The van der Waals surface area contributed by atoms with Crippen molar-refractivity contribution in [3.63, 3.8) is 0 Å². The van der Waals surface area contributed by atoms with Crippen LogP contribution in [0.1, 0.15) is 5.56 Å². The van der Waals surface area contributed by atoms with Crippen LogP contribution in [0.2, 0.25) is 0 Å². The smallest absolute Gasteiger partial charge is 0.419 e. The second kappa shape index (κ2) is 6.91. The quantitative estimate of drug-likeness (QED) is 0.866. The van der Waals surface area contributed by atoms with Gasteiger partial charge in [-0.2, -0.15) is 13.2 Å². The van der Waals surface area contributed by atoms with E-state index in [0.717, 1.165) is 18.8 Å². The van der Waals surface area contributed by atoms with Crippen molar-refractivity contribution < 1.29 is 22.6 Å². The highest BCUT2D eigenvalue weighted by molar-refractivity contribution is 5.90. The van der Waals surface area contributed by atoms with Crippen molar-refractivity contribution in [1.29, 1.82) is 0 Å². The molecule has 0 bridgehead atoms. The third-order valence-electron chi connectivity index (χ3n) is 4.28. The molecule has 1 saturated heterocycles. The lowest BCUT2D eigenvalue weighted by Crippen LogP contribution is -2.36. The van der Waals surface area contributed by atoms with Gasteiger partial charge in [0.05, 0.1) is 37.1 Å². The maximum absolute atomic E-state index is 13.2. The molecule has 0 saturated carbocycles. The van der Waals surface area contributed by atoms with Crippen LogP contribution in [0, 0.1) is 0 Å². The lowest BCUT2D eigenvalue weighted by molar-refractivity contribution is -0.137. The lowest BCUT2D eigenvalue weighted by Gasteiger charge is -2.29. The number of pyridine rings is 1. The Bertz CT molecular complexity index is 805. The van der Waals surface area contributed by atoms with Crippen LogP contribution in [0.15, 0.2) is 24.4 Å². The highest BCUT2D eigenvalue weighted by Gasteiger charge is 2.35. The van der Waals surface area contributed by atoms with E-state index in [2.05, 4.69) is 9.88 Å². The molecule has 1 aliphatic heterocycles. The number of halogens is 3. The van der Waals surface area contributed by atoms with Crippen LogP contribution in [-0.2, 0) is 10.9 Å². The van der Waals surface area contributed by atoms with Crippen LogP contribution in [0.25, 0.3) is 11.1 Å². The molecule has 0 unspecified atom stereocenters. The molecule has 1 fully saturated rings. The number of morpholine rings is 1. The minimum Gasteiger partial charge on any atom is -0.496 e. The van der Waals surface area contributed by atoms with Gasteiger partial charge in [-0.05, 0) is 12.1 Å². The number of nitrogen functional groups attached to an aromatic ring is 2. The molecule has 2 aromatic rings. The number of hydrogen-bond donors (Lipinski definition) is 2. The Hall–Kier alpha value is -2.68. The molecular formula is C17H19F3N4O2. The SMILES string of the molecule is COc1cc(N2CCOCC2)ccc1-c1c(N)ncc(C(F)(F)F)c1N. The maximum atomic E-state index is 13.2. The molecule has 0 spiro atoms. The Balaban J connectivity index is 2.09. The summed E-state index contributed by atoms with van der Waals surface area (Å²) >= 11 is 0. The highest BCUT2D eigenvalue weighted by atomic mass is 19.4. The number of alkyl halides is 3. The average Bonchev–Trinajstić information content (AvgIpc) is 2.61. The normalized spacial score (nSPS) is 15.2. The standard InChI is InChI=1S/C17H19F3N4O2/c1-25-13-8-10(24-4-6-26-7-5-24)2-3-11(13)14-15(21)12(17(18,19)20)9-23-16(14)22/h2-3,8-9H,4-7H2,1H3,(H4,21,22,23). The molecule has 4 N–H and O–H groups in total. The van der Waals surface area contributed by atoms with Gasteiger partial charge < -0.3 is 25.8 Å². The van der Waals surface area contributed by atoms with Gasteiger partial charge in [0.15, 0.2) is 0 Å². The van der Waals surface area contributed by atoms with E-state index in [1.165, 1.54) is 7.11 Å². The Labute approximate surface area is 148 Å². The average molecular weight is 368 g/mol. The Kier molecular flexibility index (Phi) is 4.82. The summed E-state index contributed by atoms with van der Waals surface area (Å²) in [5, 5.41) is 0. The van der Waals surface area contributed by atoms with Crippen molar-refractivity contribution in [2.24, 2.45) is 0 Å². The maximum Gasteiger partial charge on any atom is 0.419 e. The van der Waals surface area contributed by atoms with Crippen LogP contribution in [-0.4, -0.2) is 38.4 Å². The van der Waals surface area contributed by atoms with Gasteiger partial charge in [0, 0.05) is 36.6 Å². The van der Waals surface area contributed by atoms with E-state index in [4.69, 9.17) is 20.9 Å². The van der Waals surface area contributed by atoms with E-state index >= 15 is 0 Å². The predicted molar refractivity (Wildman–Crippen MR) is 93.1 cm³/mol. The van der Waals surface area contributed by atoms with Crippen LogP contribution >= 0.6 is 0 Å². The molecule has 0 aliphatic carbocycles. The van der Waals surface area contributed by atoms with E-state index in [1.54, 1.807) is 18.2 Å². The van der Waals surface area contributed by atoms with Crippen molar-refractivity contribution >= 4 is 17.2 Å². The zero-order chi connectivity index (χ0) is 18.9. The van der Waals surface area contributed by atoms with E-state index in [-0.39, 0.29) is 11.4 Å². The van der Waals surface area contributed by atoms with Crippen molar-refractivity contribution in [2.75, 3.05) is 49.8 Å². The Morgan fingerprint density at radius 1 is 1.19 bits per heavy atom. The summed E-state index contributed by atoms with van der Waals surface area (Å²) in [7, 11) is 1.44. The topological polar surface area (TPSA) is 86.6 Å². The summed E-state index contributed by atoms with van der Waals surface area (Å²) in [5.74, 6) is 0.279. The van der Waals surface area contributed by atoms with Crippen LogP contribution in [0.5, 0.6) is 5.75 Å². The number of nitrogens with two attached hydrogens (primary N) is 2. The molecule has 26 heavy (non-hydrogen) atoms. The molecule has 6 nitrogen and oxygen atoms in total. The summed E-state index contributed by atoms with van der Waals surface area (Å²) in [6.45, 7) is 2.67. The van der Waals surface area contributed by atoms with Crippen LogP contribution in [0.3, 0.4) is 0 Å². The zero-order valence-electron chi connectivity index (χ0n) is 14.1. The molecule has 0 amide bonds. The van der Waals surface area contributed by atoms with Crippen LogP contribution < -0.4 is 21.1 Å². The summed E-state index contributed by atoms with van der Waals surface area (Å²) in [6.07, 6.45) is -3.98. The Morgan fingerprint density at radius 3 is 2.50 bits per heavy atom. The Morgan fingerprint density at radius 2 is 1.88 bits per heavy atom. The molecule has 0 atom stereocenters. The van der Waals surface area contributed by atoms with Gasteiger partial charge in [-0.25, -0.2) is 4.98 Å². The lowest BCUT2D eigenvalue weighted by atomic mass is 10.00. The zero-order valence-corrected chi connectivity index (χ0v) is 14.1. The number of hydrogen-bond acceptors (Lipinski definition) is 6. The molecule has 140 valence electrons. The number of rotatable bonds is 3. The molecule has 2 heterocycles. The number of ether oxygens (including phenoxy) is 2. The van der Waals surface area contributed by atoms with E-state index in [0.29, 0.717) is 30.7 Å². The predicted octanol–water partition coefficient (Wildman–Crippen LogP) is 2.78. The van der Waals surface area contributed by atoms with Gasteiger partial charge in [-0.15, -0.1) is 0 Å². The summed E-state index contributed by atoms with van der Waals surface area (Å²) < 4.78 is 50.2. The molecule has 1 aromatic carbocycles. The summed E-state index contributed by atoms with van der Waals surface area (Å²) in [6, 6.07) is 5.19. The number of methoxy groups -OCH3 is 1. The third kappa shape index (κ3) is 3.34.